The summed E-state index contributed by atoms with van der Waals surface area (Å²) in [6.45, 7) is 2.08. The number of benzene rings is 1. The van der Waals surface area contributed by atoms with E-state index in [-0.39, 0.29) is 0 Å². The third-order valence-electron chi connectivity index (χ3n) is 2.67. The number of carbonyl (C=O) groups is 1. The molecule has 88 valence electrons. The second-order valence-corrected chi connectivity index (χ2v) is 4.25. The van der Waals surface area contributed by atoms with Gasteiger partial charge in [0.05, 0.1) is 10.5 Å². The summed E-state index contributed by atoms with van der Waals surface area (Å²) in [7, 11) is 0. The number of halogens is 1. The van der Waals surface area contributed by atoms with Gasteiger partial charge in [0, 0.05) is 23.7 Å². The Balaban J connectivity index is 2.37. The molecule has 0 aliphatic heterocycles. The summed E-state index contributed by atoms with van der Waals surface area (Å²) in [5.41, 5.74) is 1.27. The van der Waals surface area contributed by atoms with E-state index < -0.39 is 5.97 Å². The number of fused-ring (bicyclic) bond motifs is 1. The fourth-order valence-corrected chi connectivity index (χ4v) is 1.98. The molecule has 0 saturated heterocycles. The lowest BCUT2D eigenvalue weighted by Gasteiger charge is -2.03. The number of para-hydroxylation sites is 1. The minimum Gasteiger partial charge on any atom is -0.478 e. The van der Waals surface area contributed by atoms with Crippen LogP contribution in [0.1, 0.15) is 6.92 Å². The van der Waals surface area contributed by atoms with Gasteiger partial charge in [0.15, 0.2) is 0 Å². The van der Waals surface area contributed by atoms with E-state index in [1.807, 2.05) is 35.0 Å². The standard InChI is InChI=1S/C13H12ClNO2/c1-9(13(16)17)5-7-15-8-6-10-3-2-4-11(14)12(10)15/h2-6,8H,7H2,1H3,(H,16,17)/b9-5-. The molecule has 1 aromatic heterocycles. The fraction of sp³-hybridized carbons (Fsp3) is 0.154. The molecule has 17 heavy (non-hydrogen) atoms. The van der Waals surface area contributed by atoms with Crippen LogP contribution < -0.4 is 0 Å². The SMILES string of the molecule is C/C(=C/Cn1ccc2cccc(Cl)c21)C(=O)O. The lowest BCUT2D eigenvalue weighted by atomic mass is 10.2. The fourth-order valence-electron chi connectivity index (χ4n) is 1.69. The van der Waals surface area contributed by atoms with Crippen LogP contribution in [0, 0.1) is 0 Å². The molecule has 1 aromatic carbocycles. The molecule has 2 aromatic rings. The summed E-state index contributed by atoms with van der Waals surface area (Å²) >= 11 is 6.12. The van der Waals surface area contributed by atoms with Crippen LogP contribution in [-0.2, 0) is 11.3 Å². The number of aromatic nitrogens is 1. The number of rotatable bonds is 3. The Kier molecular flexibility index (Phi) is 3.20. The van der Waals surface area contributed by atoms with Crippen LogP contribution in [0.15, 0.2) is 42.1 Å². The summed E-state index contributed by atoms with van der Waals surface area (Å²) in [5, 5.41) is 10.5. The maximum absolute atomic E-state index is 10.7. The molecular formula is C13H12ClNO2. The van der Waals surface area contributed by atoms with Crippen LogP contribution in [0.4, 0.5) is 0 Å². The first-order valence-corrected chi connectivity index (χ1v) is 5.61. The number of hydrogen-bond donors (Lipinski definition) is 1. The summed E-state index contributed by atoms with van der Waals surface area (Å²) in [5.74, 6) is -0.896. The molecule has 0 bridgehead atoms. The van der Waals surface area contributed by atoms with Gasteiger partial charge in [-0.25, -0.2) is 4.79 Å². The minimum absolute atomic E-state index is 0.332. The number of carboxylic acids is 1. The Hall–Kier alpha value is -1.74. The van der Waals surface area contributed by atoms with Crippen molar-refractivity contribution in [2.75, 3.05) is 0 Å². The molecule has 0 aliphatic carbocycles. The topological polar surface area (TPSA) is 42.2 Å². The van der Waals surface area contributed by atoms with Gasteiger partial charge in [0.25, 0.3) is 0 Å². The van der Waals surface area contributed by atoms with Crippen LogP contribution in [0.5, 0.6) is 0 Å². The van der Waals surface area contributed by atoms with E-state index in [1.165, 1.54) is 0 Å². The van der Waals surface area contributed by atoms with Crippen LogP contribution in [0.2, 0.25) is 5.02 Å². The average molecular weight is 250 g/mol. The van der Waals surface area contributed by atoms with E-state index in [0.29, 0.717) is 17.1 Å². The molecule has 0 saturated carbocycles. The van der Waals surface area contributed by atoms with Gasteiger partial charge in [-0.2, -0.15) is 0 Å². The first-order valence-electron chi connectivity index (χ1n) is 5.23. The lowest BCUT2D eigenvalue weighted by molar-refractivity contribution is -0.132. The highest BCUT2D eigenvalue weighted by molar-refractivity contribution is 6.35. The Bertz CT molecular complexity index is 598. The monoisotopic (exact) mass is 249 g/mol. The second-order valence-electron chi connectivity index (χ2n) is 3.84. The Labute approximate surface area is 104 Å². The molecule has 1 N–H and O–H groups in total. The number of aliphatic carboxylic acids is 1. The molecule has 4 heteroatoms. The molecule has 1 heterocycles. The van der Waals surface area contributed by atoms with Gasteiger partial charge in [0.1, 0.15) is 0 Å². The Morgan fingerprint density at radius 1 is 1.47 bits per heavy atom. The highest BCUT2D eigenvalue weighted by atomic mass is 35.5. The first-order chi connectivity index (χ1) is 8.09. The molecule has 0 aliphatic rings. The summed E-state index contributed by atoms with van der Waals surface area (Å²) in [4.78, 5) is 10.7. The summed E-state index contributed by atoms with van der Waals surface area (Å²) < 4.78 is 1.93. The van der Waals surface area contributed by atoms with E-state index >= 15 is 0 Å². The van der Waals surface area contributed by atoms with Gasteiger partial charge in [-0.3, -0.25) is 0 Å². The van der Waals surface area contributed by atoms with Crippen molar-refractivity contribution in [2.24, 2.45) is 0 Å². The number of nitrogens with zero attached hydrogens (tertiary/aromatic N) is 1. The normalized spacial score (nSPS) is 12.0. The van der Waals surface area contributed by atoms with Crippen molar-refractivity contribution in [2.45, 2.75) is 13.5 Å². The van der Waals surface area contributed by atoms with E-state index in [9.17, 15) is 4.79 Å². The maximum atomic E-state index is 10.7. The Morgan fingerprint density at radius 3 is 2.94 bits per heavy atom. The predicted molar refractivity (Wildman–Crippen MR) is 68.3 cm³/mol. The molecule has 3 nitrogen and oxygen atoms in total. The van der Waals surface area contributed by atoms with Crippen LogP contribution in [-0.4, -0.2) is 15.6 Å². The van der Waals surface area contributed by atoms with E-state index in [2.05, 4.69) is 0 Å². The zero-order valence-corrected chi connectivity index (χ0v) is 10.1. The molecule has 0 unspecified atom stereocenters. The third kappa shape index (κ3) is 2.34. The summed E-state index contributed by atoms with van der Waals surface area (Å²) in [6.07, 6.45) is 3.58. The molecule has 0 fully saturated rings. The average Bonchev–Trinajstić information content (AvgIpc) is 2.70. The van der Waals surface area contributed by atoms with Crippen molar-refractivity contribution >= 4 is 28.5 Å². The van der Waals surface area contributed by atoms with Gasteiger partial charge in [-0.15, -0.1) is 0 Å². The van der Waals surface area contributed by atoms with E-state index in [0.717, 1.165) is 10.9 Å². The highest BCUT2D eigenvalue weighted by Gasteiger charge is 2.04. The van der Waals surface area contributed by atoms with Crippen molar-refractivity contribution in [3.05, 3.63) is 47.1 Å². The maximum Gasteiger partial charge on any atom is 0.331 e. The third-order valence-corrected chi connectivity index (χ3v) is 2.98. The molecule has 2 rings (SSSR count). The van der Waals surface area contributed by atoms with Crippen LogP contribution in [0.25, 0.3) is 10.9 Å². The number of carboxylic acid groups (broad SMARTS) is 1. The second kappa shape index (κ2) is 4.63. The van der Waals surface area contributed by atoms with Gasteiger partial charge in [0.2, 0.25) is 0 Å². The highest BCUT2D eigenvalue weighted by Crippen LogP contribution is 2.24. The zero-order valence-electron chi connectivity index (χ0n) is 9.35. The predicted octanol–water partition coefficient (Wildman–Crippen LogP) is 3.33. The van der Waals surface area contributed by atoms with Gasteiger partial charge in [-0.05, 0) is 19.1 Å². The van der Waals surface area contributed by atoms with Gasteiger partial charge in [-0.1, -0.05) is 29.8 Å². The van der Waals surface area contributed by atoms with Crippen LogP contribution in [0.3, 0.4) is 0 Å². The minimum atomic E-state index is -0.896. The summed E-state index contributed by atoms with van der Waals surface area (Å²) in [6, 6.07) is 7.66. The molecule has 0 amide bonds. The Morgan fingerprint density at radius 2 is 2.24 bits per heavy atom. The smallest absolute Gasteiger partial charge is 0.331 e. The van der Waals surface area contributed by atoms with Gasteiger partial charge < -0.3 is 9.67 Å². The van der Waals surface area contributed by atoms with Crippen molar-refractivity contribution < 1.29 is 9.90 Å². The lowest BCUT2D eigenvalue weighted by Crippen LogP contribution is -2.00. The largest absolute Gasteiger partial charge is 0.478 e. The van der Waals surface area contributed by atoms with Gasteiger partial charge >= 0.3 is 5.97 Å². The number of hydrogen-bond acceptors (Lipinski definition) is 1. The number of allylic oxidation sites excluding steroid dienone is 1. The molecule has 0 spiro atoms. The van der Waals surface area contributed by atoms with Crippen molar-refractivity contribution in [1.29, 1.82) is 0 Å². The van der Waals surface area contributed by atoms with E-state index in [1.54, 1.807) is 13.0 Å². The molecule has 0 atom stereocenters. The first kappa shape index (κ1) is 11.7. The zero-order chi connectivity index (χ0) is 12.4. The van der Waals surface area contributed by atoms with Crippen LogP contribution >= 0.6 is 11.6 Å². The molecule has 0 radical (unpaired) electrons. The quantitative estimate of drug-likeness (QED) is 0.848. The van der Waals surface area contributed by atoms with Crippen molar-refractivity contribution in [3.8, 4) is 0 Å². The molecular weight excluding hydrogens is 238 g/mol. The van der Waals surface area contributed by atoms with E-state index in [4.69, 9.17) is 16.7 Å². The van der Waals surface area contributed by atoms with Crippen molar-refractivity contribution in [3.63, 3.8) is 0 Å². The van der Waals surface area contributed by atoms with Crippen molar-refractivity contribution in [1.82, 2.24) is 4.57 Å².